The molecule has 0 atom stereocenters. The number of rotatable bonds is 3. The van der Waals surface area contributed by atoms with Crippen LogP contribution in [0.25, 0.3) is 0 Å². The second kappa shape index (κ2) is 5.69. The molecule has 5 heteroatoms. The number of benzene rings is 1. The number of amides is 1. The Balaban J connectivity index is 1.76. The van der Waals surface area contributed by atoms with Gasteiger partial charge < -0.3 is 10.2 Å². The fourth-order valence-corrected chi connectivity index (χ4v) is 2.26. The Morgan fingerprint density at radius 3 is 2.60 bits per heavy atom. The zero-order valence-corrected chi connectivity index (χ0v) is 11.1. The van der Waals surface area contributed by atoms with Gasteiger partial charge >= 0.3 is 0 Å². The van der Waals surface area contributed by atoms with E-state index >= 15 is 0 Å². The van der Waals surface area contributed by atoms with E-state index in [1.165, 1.54) is 0 Å². The molecule has 0 bridgehead atoms. The van der Waals surface area contributed by atoms with Crippen LogP contribution in [0.4, 0.5) is 11.6 Å². The molecule has 102 valence electrons. The highest BCUT2D eigenvalue weighted by molar-refractivity contribution is 6.02. The van der Waals surface area contributed by atoms with Crippen LogP contribution in [-0.4, -0.2) is 29.0 Å². The van der Waals surface area contributed by atoms with Crippen LogP contribution in [0, 0.1) is 0 Å². The third-order valence-corrected chi connectivity index (χ3v) is 3.30. The van der Waals surface area contributed by atoms with Crippen molar-refractivity contribution in [2.75, 3.05) is 23.3 Å². The first-order valence-electron chi connectivity index (χ1n) is 6.77. The molecule has 1 N–H and O–H groups in total. The van der Waals surface area contributed by atoms with Crippen LogP contribution in [-0.2, 0) is 0 Å². The monoisotopic (exact) mass is 268 g/mol. The lowest BCUT2D eigenvalue weighted by atomic mass is 10.3. The summed E-state index contributed by atoms with van der Waals surface area (Å²) < 4.78 is 0. The van der Waals surface area contributed by atoms with E-state index in [-0.39, 0.29) is 5.91 Å². The summed E-state index contributed by atoms with van der Waals surface area (Å²) in [5.74, 6) is 0.433. The summed E-state index contributed by atoms with van der Waals surface area (Å²) in [6.07, 6.45) is 3.95. The van der Waals surface area contributed by atoms with Crippen molar-refractivity contribution in [3.05, 3.63) is 48.3 Å². The number of carbonyl (C=O) groups is 1. The summed E-state index contributed by atoms with van der Waals surface area (Å²) in [4.78, 5) is 22.9. The third-order valence-electron chi connectivity index (χ3n) is 3.30. The summed E-state index contributed by atoms with van der Waals surface area (Å²) in [5.41, 5.74) is 1.16. The van der Waals surface area contributed by atoms with Gasteiger partial charge in [0.25, 0.3) is 5.91 Å². The van der Waals surface area contributed by atoms with E-state index in [4.69, 9.17) is 0 Å². The number of para-hydroxylation sites is 1. The van der Waals surface area contributed by atoms with Crippen molar-refractivity contribution in [2.45, 2.75) is 12.8 Å². The first-order chi connectivity index (χ1) is 9.83. The number of carbonyl (C=O) groups excluding carboxylic acids is 1. The molecule has 3 rings (SSSR count). The molecule has 5 nitrogen and oxygen atoms in total. The van der Waals surface area contributed by atoms with Crippen molar-refractivity contribution in [2.24, 2.45) is 0 Å². The fraction of sp³-hybridized carbons (Fsp3) is 0.267. The quantitative estimate of drug-likeness (QED) is 0.928. The average Bonchev–Trinajstić information content (AvgIpc) is 3.03. The smallest absolute Gasteiger partial charge is 0.274 e. The van der Waals surface area contributed by atoms with Gasteiger partial charge in [0.2, 0.25) is 5.95 Å². The lowest BCUT2D eigenvalue weighted by molar-refractivity contribution is 0.102. The molecule has 0 unspecified atom stereocenters. The van der Waals surface area contributed by atoms with E-state index in [2.05, 4.69) is 20.2 Å². The standard InChI is InChI=1S/C15H16N4O/c20-14(17-12-6-2-1-3-7-12)13-8-9-16-15(18-13)19-10-4-5-11-19/h1-3,6-9H,4-5,10-11H2,(H,17,20). The second-order valence-electron chi connectivity index (χ2n) is 4.76. The number of anilines is 2. The van der Waals surface area contributed by atoms with Crippen LogP contribution in [0.15, 0.2) is 42.6 Å². The molecule has 1 aromatic heterocycles. The maximum atomic E-state index is 12.2. The van der Waals surface area contributed by atoms with Crippen molar-refractivity contribution in [3.8, 4) is 0 Å². The number of nitrogens with zero attached hydrogens (tertiary/aromatic N) is 3. The molecule has 1 aromatic carbocycles. The Morgan fingerprint density at radius 1 is 1.10 bits per heavy atom. The number of hydrogen-bond donors (Lipinski definition) is 1. The summed E-state index contributed by atoms with van der Waals surface area (Å²) >= 11 is 0. The molecule has 1 aliphatic rings. The maximum Gasteiger partial charge on any atom is 0.274 e. The highest BCUT2D eigenvalue weighted by Gasteiger charge is 2.16. The topological polar surface area (TPSA) is 58.1 Å². The van der Waals surface area contributed by atoms with Gasteiger partial charge in [-0.2, -0.15) is 0 Å². The predicted octanol–water partition coefficient (Wildman–Crippen LogP) is 2.33. The van der Waals surface area contributed by atoms with Gasteiger partial charge in [-0.15, -0.1) is 0 Å². The van der Waals surface area contributed by atoms with Crippen molar-refractivity contribution in [1.82, 2.24) is 9.97 Å². The first-order valence-corrected chi connectivity index (χ1v) is 6.77. The zero-order chi connectivity index (χ0) is 13.8. The first kappa shape index (κ1) is 12.6. The summed E-state index contributed by atoms with van der Waals surface area (Å²) in [5, 5.41) is 2.83. The minimum absolute atomic E-state index is 0.209. The minimum Gasteiger partial charge on any atom is -0.341 e. The molecule has 20 heavy (non-hydrogen) atoms. The molecule has 2 aromatic rings. The Hall–Kier alpha value is -2.43. The van der Waals surface area contributed by atoms with Gasteiger partial charge in [-0.05, 0) is 31.0 Å². The lowest BCUT2D eigenvalue weighted by Crippen LogP contribution is -2.22. The van der Waals surface area contributed by atoms with Gasteiger partial charge in [0.1, 0.15) is 5.69 Å². The Bertz CT molecular complexity index is 594. The molecule has 0 aliphatic carbocycles. The molecule has 0 radical (unpaired) electrons. The van der Waals surface area contributed by atoms with Crippen molar-refractivity contribution in [1.29, 1.82) is 0 Å². The molecule has 2 heterocycles. The molecular formula is C15H16N4O. The molecule has 1 saturated heterocycles. The number of nitrogens with one attached hydrogen (secondary N) is 1. The van der Waals surface area contributed by atoms with Crippen molar-refractivity contribution >= 4 is 17.5 Å². The van der Waals surface area contributed by atoms with E-state index < -0.39 is 0 Å². The SMILES string of the molecule is O=C(Nc1ccccc1)c1ccnc(N2CCCC2)n1. The average molecular weight is 268 g/mol. The number of aromatic nitrogens is 2. The van der Waals surface area contributed by atoms with Crippen LogP contribution in [0.2, 0.25) is 0 Å². The van der Waals surface area contributed by atoms with Crippen LogP contribution in [0.3, 0.4) is 0 Å². The lowest BCUT2D eigenvalue weighted by Gasteiger charge is -2.15. The maximum absolute atomic E-state index is 12.2. The summed E-state index contributed by atoms with van der Waals surface area (Å²) in [6.45, 7) is 1.92. The van der Waals surface area contributed by atoms with Gasteiger partial charge in [-0.3, -0.25) is 4.79 Å². The molecule has 1 fully saturated rings. The molecule has 1 aliphatic heterocycles. The Morgan fingerprint density at radius 2 is 1.85 bits per heavy atom. The van der Waals surface area contributed by atoms with Crippen LogP contribution in [0.1, 0.15) is 23.3 Å². The van der Waals surface area contributed by atoms with Crippen LogP contribution in [0.5, 0.6) is 0 Å². The minimum atomic E-state index is -0.209. The van der Waals surface area contributed by atoms with Gasteiger partial charge in [-0.25, -0.2) is 9.97 Å². The molecular weight excluding hydrogens is 252 g/mol. The fourth-order valence-electron chi connectivity index (χ4n) is 2.26. The summed E-state index contributed by atoms with van der Waals surface area (Å²) in [7, 11) is 0. The third kappa shape index (κ3) is 2.77. The zero-order valence-electron chi connectivity index (χ0n) is 11.1. The van der Waals surface area contributed by atoms with E-state index in [0.29, 0.717) is 11.6 Å². The van der Waals surface area contributed by atoms with Crippen LogP contribution < -0.4 is 10.2 Å². The molecule has 0 spiro atoms. The van der Waals surface area contributed by atoms with Crippen molar-refractivity contribution in [3.63, 3.8) is 0 Å². The Kier molecular flexibility index (Phi) is 3.58. The predicted molar refractivity (Wildman–Crippen MR) is 77.9 cm³/mol. The number of hydrogen-bond acceptors (Lipinski definition) is 4. The molecule has 1 amide bonds. The van der Waals surface area contributed by atoms with Crippen molar-refractivity contribution < 1.29 is 4.79 Å². The summed E-state index contributed by atoms with van der Waals surface area (Å²) in [6, 6.07) is 11.0. The van der Waals surface area contributed by atoms with E-state index in [1.807, 2.05) is 30.3 Å². The van der Waals surface area contributed by atoms with Gasteiger partial charge in [0.05, 0.1) is 0 Å². The highest BCUT2D eigenvalue weighted by Crippen LogP contribution is 2.15. The Labute approximate surface area is 117 Å². The van der Waals surface area contributed by atoms with E-state index in [9.17, 15) is 4.79 Å². The second-order valence-corrected chi connectivity index (χ2v) is 4.76. The van der Waals surface area contributed by atoms with Gasteiger partial charge in [0.15, 0.2) is 0 Å². The van der Waals surface area contributed by atoms with Gasteiger partial charge in [-0.1, -0.05) is 18.2 Å². The molecule has 0 saturated carbocycles. The largest absolute Gasteiger partial charge is 0.341 e. The van der Waals surface area contributed by atoms with Gasteiger partial charge in [0, 0.05) is 25.0 Å². The van der Waals surface area contributed by atoms with E-state index in [1.54, 1.807) is 12.3 Å². The van der Waals surface area contributed by atoms with E-state index in [0.717, 1.165) is 31.6 Å². The normalized spacial score (nSPS) is 14.3. The van der Waals surface area contributed by atoms with Crippen LogP contribution >= 0.6 is 0 Å². The highest BCUT2D eigenvalue weighted by atomic mass is 16.1.